The molecule has 1 aromatic carbocycles. The van der Waals surface area contributed by atoms with Crippen molar-refractivity contribution in [1.82, 2.24) is 0 Å². The number of unbranched alkanes of at least 4 members (excludes halogenated alkanes) is 2. The van der Waals surface area contributed by atoms with Gasteiger partial charge >= 0.3 is 0 Å². The molecular weight excluding hydrogens is 364 g/mol. The minimum atomic E-state index is -0.891. The highest BCUT2D eigenvalue weighted by Gasteiger charge is 2.47. The van der Waals surface area contributed by atoms with E-state index in [2.05, 4.69) is 26.0 Å². The van der Waals surface area contributed by atoms with Crippen LogP contribution < -0.4 is 4.74 Å². The second-order valence-electron chi connectivity index (χ2n) is 9.56. The molecule has 0 radical (unpaired) electrons. The van der Waals surface area contributed by atoms with E-state index in [1.54, 1.807) is 0 Å². The zero-order valence-electron chi connectivity index (χ0n) is 18.5. The van der Waals surface area contributed by atoms with Crippen LogP contribution in [-0.2, 0) is 17.6 Å². The standard InChI is InChI=1S/C25H40O4/c1-4-5-6-9-20(26)12-11-18-13-14-25(2)16-21-19(15-22(18)25)8-7-10-23(21)29-17-24(27)28-3/h7-8,10,18,20,22,24,26-27H,4-6,9,11-17H2,1-3H3/t18-,20-,22+,24?,25?/m0/s1. The van der Waals surface area contributed by atoms with Crippen LogP contribution in [0.5, 0.6) is 5.75 Å². The van der Waals surface area contributed by atoms with E-state index < -0.39 is 6.29 Å². The van der Waals surface area contributed by atoms with Gasteiger partial charge in [-0.1, -0.05) is 45.2 Å². The Morgan fingerprint density at radius 3 is 2.79 bits per heavy atom. The number of benzene rings is 1. The van der Waals surface area contributed by atoms with Gasteiger partial charge in [0.25, 0.3) is 0 Å². The third-order valence-corrected chi connectivity index (χ3v) is 7.47. The van der Waals surface area contributed by atoms with Crippen LogP contribution >= 0.6 is 0 Å². The van der Waals surface area contributed by atoms with Gasteiger partial charge < -0.3 is 19.7 Å². The topological polar surface area (TPSA) is 58.9 Å². The van der Waals surface area contributed by atoms with E-state index in [0.29, 0.717) is 17.3 Å². The first kappa shape index (κ1) is 22.6. The summed E-state index contributed by atoms with van der Waals surface area (Å²) < 4.78 is 10.8. The van der Waals surface area contributed by atoms with Crippen molar-refractivity contribution in [3.63, 3.8) is 0 Å². The number of rotatable bonds is 11. The molecule has 2 aliphatic rings. The largest absolute Gasteiger partial charge is 0.488 e. The molecule has 4 heteroatoms. The Hall–Kier alpha value is -1.10. The van der Waals surface area contributed by atoms with Crippen LogP contribution in [0.3, 0.4) is 0 Å². The van der Waals surface area contributed by atoms with Crippen molar-refractivity contribution in [2.75, 3.05) is 13.7 Å². The molecule has 0 saturated heterocycles. The summed E-state index contributed by atoms with van der Waals surface area (Å²) in [4.78, 5) is 0. The lowest BCUT2D eigenvalue weighted by Crippen LogP contribution is -2.34. The molecule has 0 spiro atoms. The maximum atomic E-state index is 10.4. The van der Waals surface area contributed by atoms with Gasteiger partial charge in [0.1, 0.15) is 12.4 Å². The van der Waals surface area contributed by atoms with E-state index in [1.165, 1.54) is 43.9 Å². The molecule has 2 N–H and O–H groups in total. The highest BCUT2D eigenvalue weighted by molar-refractivity contribution is 5.43. The second-order valence-corrected chi connectivity index (χ2v) is 9.56. The predicted molar refractivity (Wildman–Crippen MR) is 116 cm³/mol. The Morgan fingerprint density at radius 2 is 2.03 bits per heavy atom. The van der Waals surface area contributed by atoms with Crippen molar-refractivity contribution < 1.29 is 19.7 Å². The van der Waals surface area contributed by atoms with Gasteiger partial charge in [-0.05, 0) is 79.4 Å². The summed E-state index contributed by atoms with van der Waals surface area (Å²) in [6, 6.07) is 6.32. The van der Waals surface area contributed by atoms with Gasteiger partial charge in [0.2, 0.25) is 0 Å². The minimum Gasteiger partial charge on any atom is -0.488 e. The van der Waals surface area contributed by atoms with Gasteiger partial charge in [-0.25, -0.2) is 0 Å². The molecule has 0 amide bonds. The van der Waals surface area contributed by atoms with Crippen LogP contribution in [0.4, 0.5) is 0 Å². The lowest BCUT2D eigenvalue weighted by Gasteiger charge is -2.40. The summed E-state index contributed by atoms with van der Waals surface area (Å²) in [6.07, 6.45) is 10.3. The summed E-state index contributed by atoms with van der Waals surface area (Å²) in [7, 11) is 1.49. The first-order valence-electron chi connectivity index (χ1n) is 11.6. The fraction of sp³-hybridized carbons (Fsp3) is 0.760. The Bertz CT molecular complexity index is 646. The van der Waals surface area contributed by atoms with Crippen LogP contribution in [0, 0.1) is 17.3 Å². The van der Waals surface area contributed by atoms with E-state index in [-0.39, 0.29) is 12.7 Å². The maximum absolute atomic E-state index is 10.4. The number of hydrogen-bond donors (Lipinski definition) is 2. The summed E-state index contributed by atoms with van der Waals surface area (Å²) in [6.45, 7) is 4.81. The highest BCUT2D eigenvalue weighted by atomic mass is 16.6. The van der Waals surface area contributed by atoms with Crippen molar-refractivity contribution in [3.05, 3.63) is 29.3 Å². The van der Waals surface area contributed by atoms with Crippen LogP contribution in [0.15, 0.2) is 18.2 Å². The van der Waals surface area contributed by atoms with Gasteiger partial charge in [-0.3, -0.25) is 0 Å². The highest BCUT2D eigenvalue weighted by Crippen LogP contribution is 2.55. The van der Waals surface area contributed by atoms with Crippen molar-refractivity contribution in [2.24, 2.45) is 17.3 Å². The van der Waals surface area contributed by atoms with Gasteiger partial charge in [0.05, 0.1) is 6.10 Å². The summed E-state index contributed by atoms with van der Waals surface area (Å²) in [5.41, 5.74) is 3.02. The minimum absolute atomic E-state index is 0.128. The molecule has 2 aliphatic carbocycles. The third-order valence-electron chi connectivity index (χ3n) is 7.47. The smallest absolute Gasteiger partial charge is 0.188 e. The van der Waals surface area contributed by atoms with E-state index in [9.17, 15) is 10.2 Å². The molecule has 3 rings (SSSR count). The number of methoxy groups -OCH3 is 1. The van der Waals surface area contributed by atoms with Crippen LogP contribution in [0.25, 0.3) is 0 Å². The summed E-state index contributed by atoms with van der Waals surface area (Å²) in [5.74, 6) is 2.31. The molecule has 0 aromatic heterocycles. The van der Waals surface area contributed by atoms with Crippen molar-refractivity contribution in [1.29, 1.82) is 0 Å². The first-order chi connectivity index (χ1) is 14.0. The molecule has 164 valence electrons. The van der Waals surface area contributed by atoms with Gasteiger partial charge in [0, 0.05) is 7.11 Å². The number of aliphatic hydroxyl groups is 2. The molecule has 0 bridgehead atoms. The quantitative estimate of drug-likeness (QED) is 0.407. The van der Waals surface area contributed by atoms with Gasteiger partial charge in [-0.15, -0.1) is 0 Å². The Balaban J connectivity index is 1.62. The zero-order valence-corrected chi connectivity index (χ0v) is 18.5. The Kier molecular flexibility index (Phi) is 8.00. The number of fused-ring (bicyclic) bond motifs is 2. The molecule has 0 aliphatic heterocycles. The van der Waals surface area contributed by atoms with Crippen LogP contribution in [0.1, 0.15) is 76.3 Å². The lowest BCUT2D eigenvalue weighted by molar-refractivity contribution is -0.0970. The molecular formula is C25H40O4. The predicted octanol–water partition coefficient (Wildman–Crippen LogP) is 4.88. The van der Waals surface area contributed by atoms with Gasteiger partial charge in [0.15, 0.2) is 6.29 Å². The number of aliphatic hydroxyl groups excluding tert-OH is 2. The van der Waals surface area contributed by atoms with Gasteiger partial charge in [-0.2, -0.15) is 0 Å². The summed E-state index contributed by atoms with van der Waals surface area (Å²) in [5, 5.41) is 20.0. The second kappa shape index (κ2) is 10.3. The van der Waals surface area contributed by atoms with Crippen LogP contribution in [-0.4, -0.2) is 36.3 Å². The molecule has 1 saturated carbocycles. The van der Waals surface area contributed by atoms with E-state index in [1.807, 2.05) is 6.07 Å². The lowest BCUT2D eigenvalue weighted by atomic mass is 9.65. The first-order valence-corrected chi connectivity index (χ1v) is 11.6. The Morgan fingerprint density at radius 1 is 1.21 bits per heavy atom. The number of ether oxygens (including phenoxy) is 2. The summed E-state index contributed by atoms with van der Waals surface area (Å²) >= 11 is 0. The number of hydrogen-bond acceptors (Lipinski definition) is 4. The fourth-order valence-electron chi connectivity index (χ4n) is 5.64. The molecule has 5 atom stereocenters. The average molecular weight is 405 g/mol. The van der Waals surface area contributed by atoms with E-state index >= 15 is 0 Å². The van der Waals surface area contributed by atoms with Crippen molar-refractivity contribution >= 4 is 0 Å². The molecule has 29 heavy (non-hydrogen) atoms. The molecule has 4 nitrogen and oxygen atoms in total. The molecule has 1 fully saturated rings. The van der Waals surface area contributed by atoms with E-state index in [4.69, 9.17) is 9.47 Å². The molecule has 0 heterocycles. The third kappa shape index (κ3) is 5.53. The fourth-order valence-corrected chi connectivity index (χ4v) is 5.64. The van der Waals surface area contributed by atoms with Crippen molar-refractivity contribution in [3.8, 4) is 5.75 Å². The molecule has 1 aromatic rings. The van der Waals surface area contributed by atoms with Crippen molar-refractivity contribution in [2.45, 2.75) is 90.4 Å². The zero-order chi connectivity index (χ0) is 20.9. The maximum Gasteiger partial charge on any atom is 0.188 e. The molecule has 2 unspecified atom stereocenters. The Labute approximate surface area is 176 Å². The SMILES string of the molecule is CCCCC[C@H](O)CC[C@H]1CCC2(C)Cc3c(cccc3OCC(O)OC)C[C@H]12. The average Bonchev–Trinajstić information content (AvgIpc) is 3.04. The normalized spacial score (nSPS) is 27.9. The van der Waals surface area contributed by atoms with Crippen LogP contribution in [0.2, 0.25) is 0 Å². The van der Waals surface area contributed by atoms with E-state index in [0.717, 1.165) is 44.3 Å². The monoisotopic (exact) mass is 404 g/mol.